The van der Waals surface area contributed by atoms with Crippen molar-refractivity contribution in [2.45, 2.75) is 63.6 Å². The summed E-state index contributed by atoms with van der Waals surface area (Å²) in [7, 11) is 0. The fourth-order valence-electron chi connectivity index (χ4n) is 5.01. The maximum Gasteiger partial charge on any atom is 0.319 e. The molecule has 1 fully saturated rings. The highest BCUT2D eigenvalue weighted by Crippen LogP contribution is 2.40. The summed E-state index contributed by atoms with van der Waals surface area (Å²) in [5, 5.41) is 19.7. The van der Waals surface area contributed by atoms with Gasteiger partial charge < -0.3 is 26.0 Å². The standard InChI is InChI=1S/C32H37FN4O4S/c1-20-10-8-9-13-23(20)18-34-29(39)28-32(3,4)42-19-37(28)30(40)27(38)26(16-22-11-6-5-7-12-22)36-31(41)35-25-17-24(33)15-14-21(25)2/h5-15,17,26-28,38H,16,18-19H2,1-4H3,(H,34,39)(H2,35,36,41)/t26-,27-,28+/m0/s1. The molecule has 0 saturated carbocycles. The van der Waals surface area contributed by atoms with E-state index in [-0.39, 0.29) is 23.9 Å². The quantitative estimate of drug-likeness (QED) is 0.292. The second-order valence-electron chi connectivity index (χ2n) is 11.0. The number of thioether (sulfide) groups is 1. The van der Waals surface area contributed by atoms with E-state index in [1.807, 2.05) is 75.4 Å². The lowest BCUT2D eigenvalue weighted by Crippen LogP contribution is -2.59. The summed E-state index contributed by atoms with van der Waals surface area (Å²) in [4.78, 5) is 41.7. The number of benzene rings is 3. The molecule has 0 unspecified atom stereocenters. The molecule has 10 heteroatoms. The molecule has 42 heavy (non-hydrogen) atoms. The van der Waals surface area contributed by atoms with Crippen molar-refractivity contribution in [1.29, 1.82) is 0 Å². The van der Waals surface area contributed by atoms with Gasteiger partial charge in [0.15, 0.2) is 6.10 Å². The van der Waals surface area contributed by atoms with E-state index in [0.29, 0.717) is 12.1 Å². The topological polar surface area (TPSA) is 111 Å². The SMILES string of the molecule is Cc1ccccc1CNC(=O)[C@H]1N(C(=O)[C@@H](O)[C@H](Cc2ccccc2)NC(=O)Nc2cc(F)ccc2C)CSC1(C)C. The van der Waals surface area contributed by atoms with E-state index in [2.05, 4.69) is 16.0 Å². The molecule has 1 aliphatic heterocycles. The Morgan fingerprint density at radius 3 is 2.43 bits per heavy atom. The molecule has 8 nitrogen and oxygen atoms in total. The maximum atomic E-state index is 13.8. The second kappa shape index (κ2) is 13.4. The van der Waals surface area contributed by atoms with Gasteiger partial charge in [-0.15, -0.1) is 11.8 Å². The molecule has 0 radical (unpaired) electrons. The Balaban J connectivity index is 1.52. The van der Waals surface area contributed by atoms with Gasteiger partial charge in [0, 0.05) is 17.0 Å². The number of aryl methyl sites for hydroxylation is 2. The van der Waals surface area contributed by atoms with Gasteiger partial charge in [0.25, 0.3) is 5.91 Å². The van der Waals surface area contributed by atoms with Crippen molar-refractivity contribution >= 4 is 35.3 Å². The number of halogens is 1. The van der Waals surface area contributed by atoms with Crippen LogP contribution >= 0.6 is 11.8 Å². The van der Waals surface area contributed by atoms with Gasteiger partial charge in [-0.05, 0) is 68.5 Å². The van der Waals surface area contributed by atoms with Crippen LogP contribution in [0.2, 0.25) is 0 Å². The number of rotatable bonds is 9. The number of anilines is 1. The van der Waals surface area contributed by atoms with Crippen LogP contribution in [-0.4, -0.2) is 56.7 Å². The van der Waals surface area contributed by atoms with Crippen molar-refractivity contribution in [3.05, 3.63) is 101 Å². The van der Waals surface area contributed by atoms with E-state index in [9.17, 15) is 23.9 Å². The van der Waals surface area contributed by atoms with Gasteiger partial charge in [-0.3, -0.25) is 9.59 Å². The molecule has 3 atom stereocenters. The van der Waals surface area contributed by atoms with Crippen LogP contribution in [0.3, 0.4) is 0 Å². The van der Waals surface area contributed by atoms with Crippen molar-refractivity contribution in [3.63, 3.8) is 0 Å². The van der Waals surface area contributed by atoms with Crippen LogP contribution in [0.4, 0.5) is 14.9 Å². The molecule has 4 amide bonds. The Morgan fingerprint density at radius 1 is 1.02 bits per heavy atom. The summed E-state index contributed by atoms with van der Waals surface area (Å²) in [5.41, 5.74) is 3.73. The summed E-state index contributed by atoms with van der Waals surface area (Å²) in [6.45, 7) is 7.79. The molecule has 1 saturated heterocycles. The van der Waals surface area contributed by atoms with Crippen LogP contribution in [0.5, 0.6) is 0 Å². The number of nitrogens with zero attached hydrogens (tertiary/aromatic N) is 1. The van der Waals surface area contributed by atoms with E-state index < -0.39 is 40.7 Å². The molecule has 1 aliphatic rings. The molecule has 3 aromatic rings. The molecule has 0 aliphatic carbocycles. The van der Waals surface area contributed by atoms with Gasteiger partial charge in [0.05, 0.1) is 11.9 Å². The predicted octanol–water partition coefficient (Wildman–Crippen LogP) is 4.53. The van der Waals surface area contributed by atoms with Gasteiger partial charge >= 0.3 is 6.03 Å². The molecule has 222 valence electrons. The van der Waals surface area contributed by atoms with Crippen molar-refractivity contribution in [1.82, 2.24) is 15.5 Å². The first kappa shape index (κ1) is 31.1. The third-order valence-electron chi connectivity index (χ3n) is 7.49. The number of hydrogen-bond acceptors (Lipinski definition) is 5. The Bertz CT molecular complexity index is 1440. The molecular formula is C32H37FN4O4S. The van der Waals surface area contributed by atoms with Gasteiger partial charge in [-0.25, -0.2) is 9.18 Å². The zero-order valence-corrected chi connectivity index (χ0v) is 25.0. The van der Waals surface area contributed by atoms with Crippen molar-refractivity contribution < 1.29 is 23.9 Å². The van der Waals surface area contributed by atoms with Gasteiger partial charge in [0.1, 0.15) is 11.9 Å². The first-order valence-electron chi connectivity index (χ1n) is 13.8. The highest BCUT2D eigenvalue weighted by Gasteiger charge is 2.49. The average Bonchev–Trinajstić information content (AvgIpc) is 3.28. The third kappa shape index (κ3) is 7.49. The van der Waals surface area contributed by atoms with E-state index in [1.54, 1.807) is 13.0 Å². The Kier molecular flexibility index (Phi) is 9.90. The zero-order valence-electron chi connectivity index (χ0n) is 24.2. The summed E-state index contributed by atoms with van der Waals surface area (Å²) >= 11 is 1.45. The number of hydrogen-bond donors (Lipinski definition) is 4. The van der Waals surface area contributed by atoms with E-state index in [1.165, 1.54) is 28.8 Å². The zero-order chi connectivity index (χ0) is 30.4. The Hall–Kier alpha value is -3.89. The molecule has 1 heterocycles. The van der Waals surface area contributed by atoms with Gasteiger partial charge in [-0.1, -0.05) is 60.7 Å². The second-order valence-corrected chi connectivity index (χ2v) is 12.6. The molecule has 0 aromatic heterocycles. The normalized spacial score (nSPS) is 17.3. The van der Waals surface area contributed by atoms with Crippen LogP contribution in [0, 0.1) is 19.7 Å². The van der Waals surface area contributed by atoms with Gasteiger partial charge in [-0.2, -0.15) is 0 Å². The summed E-state index contributed by atoms with van der Waals surface area (Å²) in [6, 6.07) is 18.4. The first-order chi connectivity index (χ1) is 20.0. The number of carbonyl (C=O) groups excluding carboxylic acids is 3. The fourth-order valence-corrected chi connectivity index (χ4v) is 6.15. The van der Waals surface area contributed by atoms with E-state index in [0.717, 1.165) is 16.7 Å². The maximum absolute atomic E-state index is 13.8. The number of urea groups is 1. The van der Waals surface area contributed by atoms with E-state index in [4.69, 9.17) is 0 Å². The lowest BCUT2D eigenvalue weighted by atomic mass is 9.97. The average molecular weight is 593 g/mol. The highest BCUT2D eigenvalue weighted by atomic mass is 32.2. The van der Waals surface area contributed by atoms with Crippen molar-refractivity contribution in [3.8, 4) is 0 Å². The summed E-state index contributed by atoms with van der Waals surface area (Å²) in [5.74, 6) is -1.28. The summed E-state index contributed by atoms with van der Waals surface area (Å²) < 4.78 is 13.2. The third-order valence-corrected chi connectivity index (χ3v) is 8.86. The largest absolute Gasteiger partial charge is 0.381 e. The van der Waals surface area contributed by atoms with Gasteiger partial charge in [0.2, 0.25) is 5.91 Å². The van der Waals surface area contributed by atoms with Crippen LogP contribution in [-0.2, 0) is 22.6 Å². The summed E-state index contributed by atoms with van der Waals surface area (Å²) in [6.07, 6.45) is -1.50. The Labute approximate surface area is 250 Å². The first-order valence-corrected chi connectivity index (χ1v) is 14.8. The molecule has 0 bridgehead atoms. The van der Waals surface area contributed by atoms with Crippen LogP contribution in [0.1, 0.15) is 36.1 Å². The molecule has 4 N–H and O–H groups in total. The predicted molar refractivity (Wildman–Crippen MR) is 163 cm³/mol. The number of nitrogens with one attached hydrogen (secondary N) is 3. The smallest absolute Gasteiger partial charge is 0.319 e. The minimum atomic E-state index is -1.65. The lowest BCUT2D eigenvalue weighted by Gasteiger charge is -2.33. The molecular weight excluding hydrogens is 555 g/mol. The fraction of sp³-hybridized carbons (Fsp3) is 0.344. The minimum absolute atomic E-state index is 0.151. The molecule has 0 spiro atoms. The number of amides is 4. The molecule has 4 rings (SSSR count). The van der Waals surface area contributed by atoms with Crippen molar-refractivity contribution in [2.24, 2.45) is 0 Å². The number of aliphatic hydroxyl groups is 1. The van der Waals surface area contributed by atoms with Crippen LogP contribution in [0.25, 0.3) is 0 Å². The minimum Gasteiger partial charge on any atom is -0.381 e. The van der Waals surface area contributed by atoms with Crippen LogP contribution in [0.15, 0.2) is 72.8 Å². The molecule has 3 aromatic carbocycles. The van der Waals surface area contributed by atoms with E-state index >= 15 is 0 Å². The monoisotopic (exact) mass is 592 g/mol. The lowest BCUT2D eigenvalue weighted by molar-refractivity contribution is -0.147. The number of carbonyl (C=O) groups is 3. The van der Waals surface area contributed by atoms with Crippen LogP contribution < -0.4 is 16.0 Å². The Morgan fingerprint density at radius 2 is 1.71 bits per heavy atom. The number of aliphatic hydroxyl groups excluding tert-OH is 1. The highest BCUT2D eigenvalue weighted by molar-refractivity contribution is 8.00. The van der Waals surface area contributed by atoms with Crippen molar-refractivity contribution in [2.75, 3.05) is 11.2 Å².